The molecule has 3 saturated carbocycles. The van der Waals surface area contributed by atoms with Crippen LogP contribution in [-0.2, 0) is 28.8 Å². The molecule has 1 amide bonds. The summed E-state index contributed by atoms with van der Waals surface area (Å²) in [6.07, 6.45) is 43.5. The largest absolute Gasteiger partial charge is 0.481 e. The highest BCUT2D eigenvalue weighted by atomic mass is 16.5. The molecule has 14 aliphatic rings. The summed E-state index contributed by atoms with van der Waals surface area (Å²) in [7, 11) is 19.0. The number of pyridine rings is 2. The highest BCUT2D eigenvalue weighted by Crippen LogP contribution is 2.41. The van der Waals surface area contributed by atoms with Gasteiger partial charge in [-0.15, -0.1) is 0 Å². The Morgan fingerprint density at radius 3 is 1.45 bits per heavy atom. The first-order chi connectivity index (χ1) is 57.2. The molecule has 6 unspecified atom stereocenters. The minimum Gasteiger partial charge on any atom is -0.481 e. The van der Waals surface area contributed by atoms with Crippen LogP contribution in [0.3, 0.4) is 0 Å². The topological polar surface area (TPSA) is 187 Å². The maximum absolute atomic E-state index is 12.2. The fourth-order valence-corrected chi connectivity index (χ4v) is 21.8. The van der Waals surface area contributed by atoms with E-state index in [1.54, 1.807) is 19.4 Å². The van der Waals surface area contributed by atoms with E-state index in [0.29, 0.717) is 125 Å². The molecule has 2 aromatic rings. The van der Waals surface area contributed by atoms with Crippen molar-refractivity contribution in [1.29, 1.82) is 0 Å². The summed E-state index contributed by atoms with van der Waals surface area (Å²) in [6.45, 7) is 31.2. The lowest BCUT2D eigenvalue weighted by molar-refractivity contribution is -0.141. The van der Waals surface area contributed by atoms with Crippen LogP contribution >= 0.6 is 0 Å². The minimum atomic E-state index is 0.0152. The van der Waals surface area contributed by atoms with Crippen molar-refractivity contribution in [2.75, 3.05) is 181 Å². The van der Waals surface area contributed by atoms with Gasteiger partial charge in [-0.2, -0.15) is 0 Å². The van der Waals surface area contributed by atoms with E-state index in [4.69, 9.17) is 4.74 Å². The number of carbonyl (C=O) groups excluding carboxylic acids is 6. The molecule has 0 bridgehead atoms. The average Bonchev–Trinajstić information content (AvgIpc) is 0.839. The SMILES string of the molecule is CC1=C(C2CCN(C)CC2)C(=O)CC=C1.CC1=CCC(=O)C(C2CCN(C)CC2)=C1.CC1CCC(=O)C(C2CCN(C)CC2)C1.CC1CCCC(=O)C1C1CCN(C)CC1.CCN1CCCC(C2CCN(C)CC2)C1=O.CN1CCC(C2CCCCC2=O)CC1.CN1CCC(c2cc[nH]c(=O)c2)CC1.COc1cccc(C2CCN(C)CC2)n1. The number of Topliss-reactive ketones (excluding diaryl/α,β-unsaturated/α-hetero) is 5. The van der Waals surface area contributed by atoms with Crippen molar-refractivity contribution in [3.8, 4) is 5.88 Å². The molecule has 19 nitrogen and oxygen atoms in total. The van der Waals surface area contributed by atoms with Crippen molar-refractivity contribution in [3.05, 3.63) is 105 Å². The van der Waals surface area contributed by atoms with Crippen LogP contribution in [0.25, 0.3) is 0 Å². The van der Waals surface area contributed by atoms with Crippen molar-refractivity contribution in [3.63, 3.8) is 0 Å². The van der Waals surface area contributed by atoms with Crippen molar-refractivity contribution in [2.45, 2.75) is 239 Å². The van der Waals surface area contributed by atoms with Crippen molar-refractivity contribution in [1.82, 2.24) is 54.1 Å². The number of nitrogens with zero attached hydrogens (tertiary/aromatic N) is 10. The molecule has 6 atom stereocenters. The Bertz CT molecular complexity index is 3620. The number of aromatic nitrogens is 2. The molecular formula is C100H163N11O8. The number of aromatic amines is 1. The first-order valence-electron chi connectivity index (χ1n) is 47.6. The summed E-state index contributed by atoms with van der Waals surface area (Å²) < 4.78 is 5.15. The monoisotopic (exact) mass is 1650 g/mol. The molecule has 2 aromatic heterocycles. The van der Waals surface area contributed by atoms with Crippen molar-refractivity contribution < 1.29 is 33.5 Å². The Kier molecular flexibility index (Phi) is 41.1. The lowest BCUT2D eigenvalue weighted by Crippen LogP contribution is -2.46. The first kappa shape index (κ1) is 97.2. The Labute approximate surface area is 720 Å². The van der Waals surface area contributed by atoms with E-state index in [-0.39, 0.29) is 5.56 Å². The Morgan fingerprint density at radius 2 is 0.933 bits per heavy atom. The average molecular weight is 1650 g/mol. The van der Waals surface area contributed by atoms with Gasteiger partial charge in [-0.1, -0.05) is 56.2 Å². The molecule has 9 aliphatic heterocycles. The molecule has 119 heavy (non-hydrogen) atoms. The van der Waals surface area contributed by atoms with Gasteiger partial charge >= 0.3 is 0 Å². The zero-order valence-electron chi connectivity index (χ0n) is 77.0. The summed E-state index contributed by atoms with van der Waals surface area (Å²) >= 11 is 0. The van der Waals surface area contributed by atoms with Gasteiger partial charge in [0.2, 0.25) is 17.3 Å². The summed E-state index contributed by atoms with van der Waals surface area (Å²) in [6, 6.07) is 9.80. The number of ketones is 5. The Morgan fingerprint density at radius 1 is 0.454 bits per heavy atom. The molecule has 9 saturated heterocycles. The van der Waals surface area contributed by atoms with Crippen LogP contribution in [0.4, 0.5) is 0 Å². The summed E-state index contributed by atoms with van der Waals surface area (Å²) in [5.41, 5.74) is 7.05. The third kappa shape index (κ3) is 31.2. The van der Waals surface area contributed by atoms with Crippen LogP contribution in [0.1, 0.15) is 250 Å². The fourth-order valence-electron chi connectivity index (χ4n) is 21.8. The van der Waals surface area contributed by atoms with Gasteiger partial charge in [-0.25, -0.2) is 4.98 Å². The highest BCUT2D eigenvalue weighted by Gasteiger charge is 2.40. The smallest absolute Gasteiger partial charge is 0.248 e. The lowest BCUT2D eigenvalue weighted by Gasteiger charge is -2.39. The second kappa shape index (κ2) is 50.3. The molecule has 666 valence electrons. The fraction of sp³-hybridized carbons (Fsp3) is 0.760. The number of H-pyrrole nitrogens is 1. The number of allylic oxidation sites excluding steroid dienone is 8. The third-order valence-corrected chi connectivity index (χ3v) is 29.9. The number of likely N-dealkylation sites (tertiary alicyclic amines) is 9. The van der Waals surface area contributed by atoms with Crippen molar-refractivity contribution >= 4 is 34.8 Å². The number of ether oxygens (including phenoxy) is 1. The van der Waals surface area contributed by atoms with Gasteiger partial charge in [0, 0.05) is 104 Å². The van der Waals surface area contributed by atoms with Gasteiger partial charge in [0.1, 0.15) is 17.3 Å². The molecule has 19 heteroatoms. The highest BCUT2D eigenvalue weighted by molar-refractivity contribution is 5.99. The molecule has 16 rings (SSSR count). The maximum atomic E-state index is 12.2. The summed E-state index contributed by atoms with van der Waals surface area (Å²) in [5.74, 6) is 11.5. The number of rotatable bonds is 10. The number of piperidine rings is 9. The van der Waals surface area contributed by atoms with E-state index in [1.807, 2.05) is 35.3 Å². The number of hydrogen-bond donors (Lipinski definition) is 1. The number of hydrogen-bond acceptors (Lipinski definition) is 17. The second-order valence-corrected chi connectivity index (χ2v) is 39.1. The van der Waals surface area contributed by atoms with Gasteiger partial charge < -0.3 is 53.8 Å². The maximum Gasteiger partial charge on any atom is 0.248 e. The molecule has 0 radical (unpaired) electrons. The molecule has 5 aliphatic carbocycles. The van der Waals surface area contributed by atoms with Gasteiger partial charge in [-0.3, -0.25) is 33.6 Å². The predicted octanol–water partition coefficient (Wildman–Crippen LogP) is 15.8. The van der Waals surface area contributed by atoms with Crippen LogP contribution in [0, 0.1) is 71.0 Å². The Balaban J connectivity index is 0.000000155. The van der Waals surface area contributed by atoms with E-state index >= 15 is 0 Å². The van der Waals surface area contributed by atoms with Gasteiger partial charge in [0.05, 0.1) is 7.11 Å². The normalized spacial score (nSPS) is 27.8. The van der Waals surface area contributed by atoms with Gasteiger partial charge in [0.15, 0.2) is 11.6 Å². The number of carbonyl (C=O) groups is 6. The lowest BCUT2D eigenvalue weighted by atomic mass is 9.69. The van der Waals surface area contributed by atoms with E-state index in [9.17, 15) is 33.6 Å². The van der Waals surface area contributed by atoms with Gasteiger partial charge in [-0.05, 0) is 418 Å². The quantitative estimate of drug-likeness (QED) is 0.236. The van der Waals surface area contributed by atoms with E-state index in [0.717, 1.165) is 152 Å². The van der Waals surface area contributed by atoms with E-state index in [2.05, 4.69) is 158 Å². The van der Waals surface area contributed by atoms with E-state index < -0.39 is 0 Å². The number of nitrogens with one attached hydrogen (secondary N) is 1. The van der Waals surface area contributed by atoms with Crippen LogP contribution in [0.15, 0.2) is 87.9 Å². The zero-order valence-corrected chi connectivity index (χ0v) is 77.0. The minimum absolute atomic E-state index is 0.0152. The predicted molar refractivity (Wildman–Crippen MR) is 486 cm³/mol. The van der Waals surface area contributed by atoms with Gasteiger partial charge in [0.25, 0.3) is 0 Å². The summed E-state index contributed by atoms with van der Waals surface area (Å²) in [5, 5.41) is 0. The van der Waals surface area contributed by atoms with Crippen LogP contribution in [0.2, 0.25) is 0 Å². The molecule has 11 heterocycles. The van der Waals surface area contributed by atoms with Crippen LogP contribution < -0.4 is 10.3 Å². The number of methoxy groups -OCH3 is 1. The first-order valence-corrected chi connectivity index (χ1v) is 47.6. The summed E-state index contributed by atoms with van der Waals surface area (Å²) in [4.78, 5) is 111. The molecule has 0 spiro atoms. The second-order valence-electron chi connectivity index (χ2n) is 39.1. The van der Waals surface area contributed by atoms with Crippen LogP contribution in [0.5, 0.6) is 5.88 Å². The number of amides is 1. The zero-order chi connectivity index (χ0) is 85.5. The molecule has 1 N–H and O–H groups in total. The van der Waals surface area contributed by atoms with Crippen molar-refractivity contribution in [2.24, 2.45) is 71.0 Å². The van der Waals surface area contributed by atoms with Crippen LogP contribution in [-0.4, -0.2) is 270 Å². The van der Waals surface area contributed by atoms with E-state index in [1.165, 1.54) is 191 Å². The molecule has 12 fully saturated rings. The third-order valence-electron chi connectivity index (χ3n) is 29.9. The molecule has 0 aromatic carbocycles. The standard InChI is InChI=1S/C13H24N2O.C13H23NO.C13H19NO.C13H23NO.C13H19NO.C12H18N2O.C12H21NO.C11H16N2O/c1-3-15-8-4-5-12(13(15)16)11-6-9-14(2)10-7-11;2*1-10-3-4-13(15)12(9-10)11-5-7-14(2)8-6-11;2*1-10-4-3-5-12(15)13(10)11-6-8-14(2)9-7-11;1-14-8-6-10(7-9-14)11-4-3-5-12(13-11)15-2;1-13-8-6-10(7-9-13)11-4-2-3-5-12(11)14;1-13-6-3-9(4-7-13)10-2-5-12-11(14)8-10/h11-12H,3-10H2,1-2H3;10-12H,3-9H2,1-2H3;3,9,11H,4-8H2,1-2H3;10-11,13H,3-9H2,1-2H3;3-4,11H,5-9H2,1-2H3;3-5,10H,6-9H2,1-2H3;10-11H,2-9H2,1H3;2,5,8-9H,3-4,6-7H2,1H3,(H,12,14). The molecular weight excluding hydrogens is 1480 g/mol. The Hall–Kier alpha value is -5.64.